The fraction of sp³-hybridized carbons (Fsp3) is 0.667. The number of methoxy groups -OCH3 is 1. The van der Waals surface area contributed by atoms with Crippen molar-refractivity contribution in [3.05, 3.63) is 16.0 Å². The molecule has 0 aromatic carbocycles. The zero-order valence-electron chi connectivity index (χ0n) is 19.0. The third kappa shape index (κ3) is 4.76. The molecule has 1 aromatic heterocycles. The van der Waals surface area contributed by atoms with Crippen molar-refractivity contribution >= 4 is 28.2 Å². The van der Waals surface area contributed by atoms with Gasteiger partial charge in [-0.15, -0.1) is 11.3 Å². The molecule has 226 valence electrons. The Kier molecular flexibility index (Phi) is 9.01. The van der Waals surface area contributed by atoms with Crippen molar-refractivity contribution in [1.82, 2.24) is 0 Å². The molecular weight excluding hydrogens is 614 g/mol. The van der Waals surface area contributed by atoms with Gasteiger partial charge in [-0.05, 0) is 18.9 Å². The summed E-state index contributed by atoms with van der Waals surface area (Å²) in [4.78, 5) is 23.7. The molecule has 1 amide bonds. The summed E-state index contributed by atoms with van der Waals surface area (Å²) in [6, 6.07) is 0. The Bertz CT molecular complexity index is 1100. The van der Waals surface area contributed by atoms with Gasteiger partial charge < -0.3 is 10.1 Å². The summed E-state index contributed by atoms with van der Waals surface area (Å²) in [7, 11) is 0.708. The van der Waals surface area contributed by atoms with Gasteiger partial charge in [0, 0.05) is 4.88 Å². The minimum Gasteiger partial charge on any atom is -0.465 e. The van der Waals surface area contributed by atoms with Crippen LogP contribution in [0.3, 0.4) is 0 Å². The van der Waals surface area contributed by atoms with Crippen molar-refractivity contribution in [2.45, 2.75) is 68.2 Å². The molecule has 1 heterocycles. The molecule has 0 aliphatic heterocycles. The van der Waals surface area contributed by atoms with Gasteiger partial charge in [0.1, 0.15) is 5.00 Å². The SMILES string of the molecule is CCc1c(C)sc(NC(=O)C(F)(F)C(F)(F)C(F)(F)C(F)(F)C(F)(F)C(F)(F)C(F)(F)C(F)F)c1C(=O)OC. The molecule has 0 atom stereocenters. The standard InChI is InChI=1S/C18H13F16NO3S/c1-4-6-5(2)39-8(7(6)9(36)38-3)35-11(37)13(23,24)15(27,28)17(31,32)18(33,34)16(29,30)14(25,26)12(21,22)10(19)20/h10H,4H2,1-3H3,(H,35,37). The number of ether oxygens (including phenoxy) is 1. The maximum absolute atomic E-state index is 14.2. The Balaban J connectivity index is 3.65. The van der Waals surface area contributed by atoms with Crippen LogP contribution in [-0.4, -0.2) is 66.9 Å². The van der Waals surface area contributed by atoms with Gasteiger partial charge in [0.15, 0.2) is 0 Å². The van der Waals surface area contributed by atoms with Gasteiger partial charge >= 0.3 is 59.8 Å². The first-order valence-corrected chi connectivity index (χ1v) is 10.4. The molecule has 39 heavy (non-hydrogen) atoms. The van der Waals surface area contributed by atoms with E-state index in [0.29, 0.717) is 7.11 Å². The number of nitrogens with one attached hydrogen (secondary N) is 1. The zero-order chi connectivity index (χ0) is 31.4. The quantitative estimate of drug-likeness (QED) is 0.211. The fourth-order valence-electron chi connectivity index (χ4n) is 2.87. The number of rotatable bonds is 11. The molecule has 1 rings (SSSR count). The molecule has 0 unspecified atom stereocenters. The molecule has 4 nitrogen and oxygen atoms in total. The second-order valence-electron chi connectivity index (χ2n) is 7.51. The summed E-state index contributed by atoms with van der Waals surface area (Å²) in [5, 5.41) is -0.296. The Hall–Kier alpha value is -2.48. The number of aryl methyl sites for hydroxylation is 1. The van der Waals surface area contributed by atoms with Crippen LogP contribution in [0.15, 0.2) is 0 Å². The van der Waals surface area contributed by atoms with Crippen LogP contribution in [0.1, 0.15) is 27.7 Å². The lowest BCUT2D eigenvalue weighted by atomic mass is 9.89. The van der Waals surface area contributed by atoms with Gasteiger partial charge in [0.2, 0.25) is 0 Å². The summed E-state index contributed by atoms with van der Waals surface area (Å²) in [5.74, 6) is -61.9. The highest BCUT2D eigenvalue weighted by Gasteiger charge is 2.94. The van der Waals surface area contributed by atoms with Crippen molar-refractivity contribution in [2.75, 3.05) is 12.4 Å². The van der Waals surface area contributed by atoms with Gasteiger partial charge in [-0.25, -0.2) is 13.6 Å². The average Bonchev–Trinajstić information content (AvgIpc) is 3.11. The second kappa shape index (κ2) is 10.2. The Morgan fingerprint density at radius 2 is 1.21 bits per heavy atom. The van der Waals surface area contributed by atoms with Gasteiger partial charge in [-0.1, -0.05) is 6.92 Å². The van der Waals surface area contributed by atoms with Crippen LogP contribution in [0.25, 0.3) is 0 Å². The number of hydrogen-bond acceptors (Lipinski definition) is 4. The highest BCUT2D eigenvalue weighted by Crippen LogP contribution is 2.62. The molecule has 0 spiro atoms. The number of hydrogen-bond donors (Lipinski definition) is 1. The fourth-order valence-corrected chi connectivity index (χ4v) is 4.00. The monoisotopic (exact) mass is 627 g/mol. The smallest absolute Gasteiger partial charge is 0.393 e. The van der Waals surface area contributed by atoms with Crippen molar-refractivity contribution in [2.24, 2.45) is 0 Å². The van der Waals surface area contributed by atoms with E-state index >= 15 is 0 Å². The number of halogens is 16. The molecule has 0 fully saturated rings. The minimum absolute atomic E-state index is 0.0157. The third-order valence-electron chi connectivity index (χ3n) is 5.13. The van der Waals surface area contributed by atoms with E-state index in [9.17, 15) is 79.8 Å². The van der Waals surface area contributed by atoms with Crippen molar-refractivity contribution < 1.29 is 84.6 Å². The normalized spacial score (nSPS) is 14.6. The lowest BCUT2D eigenvalue weighted by Gasteiger charge is -2.42. The second-order valence-corrected chi connectivity index (χ2v) is 8.73. The lowest BCUT2D eigenvalue weighted by molar-refractivity contribution is -0.443. The van der Waals surface area contributed by atoms with E-state index in [1.54, 1.807) is 0 Å². The molecule has 0 saturated heterocycles. The topological polar surface area (TPSA) is 55.4 Å². The van der Waals surface area contributed by atoms with E-state index < -0.39 is 70.3 Å². The number of alkyl halides is 16. The van der Waals surface area contributed by atoms with E-state index in [2.05, 4.69) is 4.74 Å². The molecule has 21 heteroatoms. The van der Waals surface area contributed by atoms with Gasteiger partial charge in [0.05, 0.1) is 12.7 Å². The van der Waals surface area contributed by atoms with Crippen LogP contribution >= 0.6 is 11.3 Å². The summed E-state index contributed by atoms with van der Waals surface area (Å²) in [6.45, 7) is 2.51. The summed E-state index contributed by atoms with van der Waals surface area (Å²) < 4.78 is 219. The highest BCUT2D eigenvalue weighted by atomic mass is 32.1. The van der Waals surface area contributed by atoms with E-state index in [1.807, 2.05) is 0 Å². The van der Waals surface area contributed by atoms with E-state index in [1.165, 1.54) is 13.8 Å². The molecule has 0 bridgehead atoms. The van der Waals surface area contributed by atoms with Crippen LogP contribution in [0, 0.1) is 6.92 Å². The maximum atomic E-state index is 14.2. The predicted molar refractivity (Wildman–Crippen MR) is 99.0 cm³/mol. The van der Waals surface area contributed by atoms with Gasteiger partial charge in [0.25, 0.3) is 0 Å². The van der Waals surface area contributed by atoms with Gasteiger partial charge in [-0.3, -0.25) is 4.79 Å². The van der Waals surface area contributed by atoms with Crippen molar-refractivity contribution in [3.8, 4) is 0 Å². The number of carbonyl (C=O) groups excluding carboxylic acids is 2. The van der Waals surface area contributed by atoms with Crippen LogP contribution in [0.4, 0.5) is 75.2 Å². The van der Waals surface area contributed by atoms with Crippen LogP contribution < -0.4 is 5.32 Å². The number of carbonyl (C=O) groups is 2. The highest BCUT2D eigenvalue weighted by molar-refractivity contribution is 7.16. The van der Waals surface area contributed by atoms with E-state index in [4.69, 9.17) is 0 Å². The molecular formula is C18H13F16NO3S. The Labute approximate surface area is 210 Å². The lowest BCUT2D eigenvalue weighted by Crippen LogP contribution is -2.74. The molecule has 1 aromatic rings. The summed E-state index contributed by atoms with van der Waals surface area (Å²) in [5.41, 5.74) is -0.872. The first-order chi connectivity index (χ1) is 17.2. The first kappa shape index (κ1) is 34.5. The minimum atomic E-state index is -8.62. The van der Waals surface area contributed by atoms with Crippen LogP contribution in [0.2, 0.25) is 0 Å². The Morgan fingerprint density at radius 3 is 1.59 bits per heavy atom. The molecule has 1 N–H and O–H groups in total. The number of anilines is 1. The molecule has 0 aliphatic rings. The summed E-state index contributed by atoms with van der Waals surface area (Å²) in [6.07, 6.45) is -6.08. The number of esters is 1. The van der Waals surface area contributed by atoms with Crippen LogP contribution in [-0.2, 0) is 16.0 Å². The van der Waals surface area contributed by atoms with Crippen LogP contribution in [0.5, 0.6) is 0 Å². The molecule has 0 saturated carbocycles. The maximum Gasteiger partial charge on any atom is 0.393 e. The van der Waals surface area contributed by atoms with Crippen molar-refractivity contribution in [1.29, 1.82) is 0 Å². The third-order valence-corrected chi connectivity index (χ3v) is 6.19. The van der Waals surface area contributed by atoms with Crippen molar-refractivity contribution in [3.63, 3.8) is 0 Å². The number of thiophene rings is 1. The van der Waals surface area contributed by atoms with Gasteiger partial charge in [-0.2, -0.15) is 61.5 Å². The summed E-state index contributed by atoms with van der Waals surface area (Å²) >= 11 is 0.170. The zero-order valence-corrected chi connectivity index (χ0v) is 19.8. The average molecular weight is 627 g/mol. The predicted octanol–water partition coefficient (Wildman–Crippen LogP) is 7.06. The molecule has 0 radical (unpaired) electrons. The first-order valence-electron chi connectivity index (χ1n) is 9.61. The number of amides is 1. The molecule has 0 aliphatic carbocycles. The van der Waals surface area contributed by atoms with E-state index in [0.717, 1.165) is 5.32 Å². The Morgan fingerprint density at radius 1 is 0.795 bits per heavy atom. The largest absolute Gasteiger partial charge is 0.465 e. The van der Waals surface area contributed by atoms with E-state index in [-0.39, 0.29) is 28.2 Å².